The second kappa shape index (κ2) is 6.78. The molecule has 0 bridgehead atoms. The molecule has 1 aliphatic rings. The Labute approximate surface area is 140 Å². The predicted octanol–water partition coefficient (Wildman–Crippen LogP) is 2.30. The third-order valence-electron chi connectivity index (χ3n) is 4.04. The van der Waals surface area contributed by atoms with Crippen LogP contribution in [0.4, 0.5) is 10.1 Å². The molecule has 2 N–H and O–H groups in total. The third-order valence-corrected chi connectivity index (χ3v) is 4.97. The Bertz CT molecular complexity index is 822. The van der Waals surface area contributed by atoms with E-state index in [1.165, 1.54) is 18.2 Å². The molecule has 0 aliphatic carbocycles. The summed E-state index contributed by atoms with van der Waals surface area (Å²) >= 11 is 0. The van der Waals surface area contributed by atoms with E-state index in [1.807, 2.05) is 11.0 Å². The summed E-state index contributed by atoms with van der Waals surface area (Å²) in [6.45, 7) is 1.73. The van der Waals surface area contributed by atoms with E-state index < -0.39 is 10.0 Å². The minimum atomic E-state index is -3.70. The van der Waals surface area contributed by atoms with Gasteiger partial charge in [0.15, 0.2) is 0 Å². The SMILES string of the molecule is NS(=O)(=O)c1ccc(OCCN2CCCc3cccc(F)c32)cc1. The van der Waals surface area contributed by atoms with E-state index in [0.29, 0.717) is 24.6 Å². The van der Waals surface area contributed by atoms with Crippen LogP contribution in [0.1, 0.15) is 12.0 Å². The Morgan fingerprint density at radius 2 is 1.92 bits per heavy atom. The molecule has 128 valence electrons. The average Bonchev–Trinajstić information content (AvgIpc) is 2.55. The van der Waals surface area contributed by atoms with Crippen LogP contribution in [0.25, 0.3) is 0 Å². The van der Waals surface area contributed by atoms with Gasteiger partial charge in [-0.05, 0) is 48.7 Å². The number of hydrogen-bond donors (Lipinski definition) is 1. The zero-order valence-electron chi connectivity index (χ0n) is 13.1. The molecule has 0 saturated heterocycles. The number of ether oxygens (including phenoxy) is 1. The lowest BCUT2D eigenvalue weighted by atomic mass is 10.0. The Morgan fingerprint density at radius 3 is 2.62 bits per heavy atom. The van der Waals surface area contributed by atoms with Crippen LogP contribution in [0, 0.1) is 5.82 Å². The molecular weight excluding hydrogens is 331 g/mol. The molecule has 0 spiro atoms. The minimum Gasteiger partial charge on any atom is -0.492 e. The van der Waals surface area contributed by atoms with Crippen molar-refractivity contribution in [3.8, 4) is 5.75 Å². The first-order chi connectivity index (χ1) is 11.4. The number of fused-ring (bicyclic) bond motifs is 1. The van der Waals surface area contributed by atoms with Crippen LogP contribution in [-0.2, 0) is 16.4 Å². The molecule has 0 radical (unpaired) electrons. The summed E-state index contributed by atoms with van der Waals surface area (Å²) in [4.78, 5) is 2.04. The number of benzene rings is 2. The lowest BCUT2D eigenvalue weighted by Gasteiger charge is -2.31. The van der Waals surface area contributed by atoms with Gasteiger partial charge in [-0.25, -0.2) is 17.9 Å². The Balaban J connectivity index is 1.62. The molecule has 7 heteroatoms. The first-order valence-corrected chi connectivity index (χ1v) is 9.28. The van der Waals surface area contributed by atoms with E-state index in [4.69, 9.17) is 9.88 Å². The van der Waals surface area contributed by atoms with Crippen molar-refractivity contribution in [2.75, 3.05) is 24.6 Å². The lowest BCUT2D eigenvalue weighted by molar-refractivity contribution is 0.322. The van der Waals surface area contributed by atoms with E-state index >= 15 is 0 Å². The molecule has 24 heavy (non-hydrogen) atoms. The smallest absolute Gasteiger partial charge is 0.238 e. The standard InChI is InChI=1S/C17H19FN2O3S/c18-16-5-1-3-13-4-2-10-20(17(13)16)11-12-23-14-6-8-15(9-7-14)24(19,21)22/h1,3,5-9H,2,4,10-12H2,(H2,19,21,22). The van der Waals surface area contributed by atoms with Gasteiger partial charge >= 0.3 is 0 Å². The molecule has 5 nitrogen and oxygen atoms in total. The summed E-state index contributed by atoms with van der Waals surface area (Å²) in [5.74, 6) is 0.345. The van der Waals surface area contributed by atoms with E-state index in [1.54, 1.807) is 18.2 Å². The second-order valence-corrected chi connectivity index (χ2v) is 7.26. The highest BCUT2D eigenvalue weighted by molar-refractivity contribution is 7.89. The van der Waals surface area contributed by atoms with Gasteiger partial charge in [-0.3, -0.25) is 0 Å². The lowest BCUT2D eigenvalue weighted by Crippen LogP contribution is -2.34. The number of nitrogens with two attached hydrogens (primary N) is 1. The summed E-state index contributed by atoms with van der Waals surface area (Å²) in [5.41, 5.74) is 1.69. The molecular formula is C17H19FN2O3S. The zero-order valence-corrected chi connectivity index (χ0v) is 13.9. The molecule has 2 aromatic carbocycles. The van der Waals surface area contributed by atoms with E-state index in [9.17, 15) is 12.8 Å². The molecule has 0 amide bonds. The van der Waals surface area contributed by atoms with Gasteiger partial charge in [0, 0.05) is 6.54 Å². The fourth-order valence-electron chi connectivity index (χ4n) is 2.91. The molecule has 0 fully saturated rings. The van der Waals surface area contributed by atoms with E-state index in [-0.39, 0.29) is 10.7 Å². The van der Waals surface area contributed by atoms with Crippen LogP contribution >= 0.6 is 0 Å². The van der Waals surface area contributed by atoms with Gasteiger partial charge in [0.2, 0.25) is 10.0 Å². The van der Waals surface area contributed by atoms with Crippen molar-refractivity contribution < 1.29 is 17.5 Å². The highest BCUT2D eigenvalue weighted by Gasteiger charge is 2.20. The number of rotatable bonds is 5. The average molecular weight is 350 g/mol. The van der Waals surface area contributed by atoms with E-state index in [0.717, 1.165) is 24.9 Å². The predicted molar refractivity (Wildman–Crippen MR) is 90.2 cm³/mol. The summed E-state index contributed by atoms with van der Waals surface area (Å²) in [6.07, 6.45) is 1.87. The minimum absolute atomic E-state index is 0.0434. The van der Waals surface area contributed by atoms with E-state index in [2.05, 4.69) is 0 Å². The number of anilines is 1. The molecule has 3 rings (SSSR count). The summed E-state index contributed by atoms with van der Waals surface area (Å²) in [7, 11) is -3.70. The maximum absolute atomic E-state index is 14.1. The number of nitrogens with zero attached hydrogens (tertiary/aromatic N) is 1. The van der Waals surface area contributed by atoms with Gasteiger partial charge in [0.1, 0.15) is 18.2 Å². The number of primary sulfonamides is 1. The molecule has 0 unspecified atom stereocenters. The number of halogens is 1. The first kappa shape index (κ1) is 16.7. The maximum Gasteiger partial charge on any atom is 0.238 e. The number of hydrogen-bond acceptors (Lipinski definition) is 4. The maximum atomic E-state index is 14.1. The van der Waals surface area contributed by atoms with Crippen molar-refractivity contribution in [3.63, 3.8) is 0 Å². The molecule has 0 aromatic heterocycles. The van der Waals surface area contributed by atoms with Crippen LogP contribution in [0.2, 0.25) is 0 Å². The number of para-hydroxylation sites is 1. The monoisotopic (exact) mass is 350 g/mol. The van der Waals surface area contributed by atoms with Gasteiger partial charge < -0.3 is 9.64 Å². The molecule has 0 atom stereocenters. The molecule has 2 aromatic rings. The number of aryl methyl sites for hydroxylation is 1. The highest BCUT2D eigenvalue weighted by Crippen LogP contribution is 2.29. The van der Waals surface area contributed by atoms with Gasteiger partial charge in [0.25, 0.3) is 0 Å². The van der Waals surface area contributed by atoms with Gasteiger partial charge in [0.05, 0.1) is 17.1 Å². The third kappa shape index (κ3) is 3.68. The Hall–Kier alpha value is -2.12. The van der Waals surface area contributed by atoms with Crippen LogP contribution in [0.3, 0.4) is 0 Å². The van der Waals surface area contributed by atoms with Crippen molar-refractivity contribution in [3.05, 3.63) is 53.8 Å². The Kier molecular flexibility index (Phi) is 4.73. The first-order valence-electron chi connectivity index (χ1n) is 7.73. The molecule has 0 saturated carbocycles. The van der Waals surface area contributed by atoms with Gasteiger partial charge in [-0.1, -0.05) is 12.1 Å². The second-order valence-electron chi connectivity index (χ2n) is 5.70. The van der Waals surface area contributed by atoms with Crippen molar-refractivity contribution in [1.29, 1.82) is 0 Å². The summed E-state index contributed by atoms with van der Waals surface area (Å²) in [5, 5.41) is 5.05. The van der Waals surface area contributed by atoms with Crippen molar-refractivity contribution in [1.82, 2.24) is 0 Å². The highest BCUT2D eigenvalue weighted by atomic mass is 32.2. The largest absolute Gasteiger partial charge is 0.492 e. The summed E-state index contributed by atoms with van der Waals surface area (Å²) in [6, 6.07) is 11.1. The topological polar surface area (TPSA) is 72.6 Å². The van der Waals surface area contributed by atoms with Crippen molar-refractivity contribution in [2.24, 2.45) is 5.14 Å². The number of sulfonamides is 1. The van der Waals surface area contributed by atoms with Crippen LogP contribution in [0.5, 0.6) is 5.75 Å². The van der Waals surface area contributed by atoms with Crippen LogP contribution in [0.15, 0.2) is 47.4 Å². The van der Waals surface area contributed by atoms with Crippen molar-refractivity contribution >= 4 is 15.7 Å². The van der Waals surface area contributed by atoms with Crippen LogP contribution < -0.4 is 14.8 Å². The fourth-order valence-corrected chi connectivity index (χ4v) is 3.43. The fraction of sp³-hybridized carbons (Fsp3) is 0.294. The van der Waals surface area contributed by atoms with Crippen LogP contribution in [-0.4, -0.2) is 28.1 Å². The zero-order chi connectivity index (χ0) is 17.2. The van der Waals surface area contributed by atoms with Gasteiger partial charge in [-0.2, -0.15) is 0 Å². The summed E-state index contributed by atoms with van der Waals surface area (Å²) < 4.78 is 42.1. The molecule has 1 aliphatic heterocycles. The normalized spacial score (nSPS) is 14.3. The quantitative estimate of drug-likeness (QED) is 0.898. The van der Waals surface area contributed by atoms with Crippen molar-refractivity contribution in [2.45, 2.75) is 17.7 Å². The van der Waals surface area contributed by atoms with Gasteiger partial charge in [-0.15, -0.1) is 0 Å². The molecule has 1 heterocycles. The Morgan fingerprint density at radius 1 is 1.17 bits per heavy atom.